The third-order valence-corrected chi connectivity index (χ3v) is 7.41. The average molecular weight is 548 g/mol. The van der Waals surface area contributed by atoms with Crippen molar-refractivity contribution in [2.45, 2.75) is 6.04 Å². The molecule has 1 fully saturated rings. The maximum atomic E-state index is 13.4. The van der Waals surface area contributed by atoms with Gasteiger partial charge in [-0.3, -0.25) is 9.69 Å². The van der Waals surface area contributed by atoms with Gasteiger partial charge in [-0.2, -0.15) is 0 Å². The molecule has 6 nitrogen and oxygen atoms in total. The van der Waals surface area contributed by atoms with Gasteiger partial charge in [0.2, 0.25) is 5.91 Å². The van der Waals surface area contributed by atoms with Crippen molar-refractivity contribution in [2.24, 2.45) is 0 Å². The summed E-state index contributed by atoms with van der Waals surface area (Å²) in [6.45, 7) is 4.02. The van der Waals surface area contributed by atoms with E-state index in [-0.39, 0.29) is 18.5 Å². The van der Waals surface area contributed by atoms with Crippen LogP contribution < -0.4 is 4.90 Å². The van der Waals surface area contributed by atoms with Gasteiger partial charge < -0.3 is 14.5 Å². The predicted octanol–water partition coefficient (Wildman–Crippen LogP) is 5.68. The number of nitrogens with zero attached hydrogens (tertiary/aromatic N) is 4. The van der Waals surface area contributed by atoms with Crippen molar-refractivity contribution < 1.29 is 9.53 Å². The van der Waals surface area contributed by atoms with E-state index < -0.39 is 0 Å². The van der Waals surface area contributed by atoms with Crippen LogP contribution in [0.4, 0.5) is 5.69 Å². The van der Waals surface area contributed by atoms with Gasteiger partial charge in [0.15, 0.2) is 0 Å². The molecule has 2 heterocycles. The van der Waals surface area contributed by atoms with Gasteiger partial charge in [0, 0.05) is 45.6 Å². The molecule has 36 heavy (non-hydrogen) atoms. The number of aromatic nitrogens is 1. The molecule has 1 atom stereocenters. The number of carbonyl (C=O) groups is 1. The Hall–Kier alpha value is -2.35. The summed E-state index contributed by atoms with van der Waals surface area (Å²) in [7, 11) is 3.74. The zero-order chi connectivity index (χ0) is 25.7. The van der Waals surface area contributed by atoms with Gasteiger partial charge >= 0.3 is 0 Å². The van der Waals surface area contributed by atoms with Crippen molar-refractivity contribution in [3.05, 3.63) is 81.6 Å². The van der Waals surface area contributed by atoms with Crippen LogP contribution in [0.25, 0.3) is 11.1 Å². The SMILES string of the molecule is CN(CC(=O)N(C)C(CN1CCOCC1)c1ccc(-c2ccnc(Cl)c2)cc1)c1ccc(Cl)c(Cl)c1. The average Bonchev–Trinajstić information content (AvgIpc) is 2.89. The van der Waals surface area contributed by atoms with Crippen LogP contribution in [0.1, 0.15) is 11.6 Å². The Labute approximate surface area is 227 Å². The van der Waals surface area contributed by atoms with E-state index in [1.165, 1.54) is 0 Å². The van der Waals surface area contributed by atoms with Crippen molar-refractivity contribution in [2.75, 3.05) is 58.4 Å². The monoisotopic (exact) mass is 546 g/mol. The Kier molecular flexibility index (Phi) is 9.09. The lowest BCUT2D eigenvalue weighted by Crippen LogP contribution is -2.45. The summed E-state index contributed by atoms with van der Waals surface area (Å²) in [5, 5.41) is 1.40. The fourth-order valence-corrected chi connectivity index (χ4v) is 4.73. The quantitative estimate of drug-likeness (QED) is 0.340. The van der Waals surface area contributed by atoms with Crippen LogP contribution in [0.5, 0.6) is 0 Å². The fraction of sp³-hybridized carbons (Fsp3) is 0.333. The number of carbonyl (C=O) groups excluding carboxylic acids is 1. The maximum absolute atomic E-state index is 13.4. The lowest BCUT2D eigenvalue weighted by Gasteiger charge is -2.36. The summed E-state index contributed by atoms with van der Waals surface area (Å²) in [5.41, 5.74) is 3.94. The van der Waals surface area contributed by atoms with Crippen LogP contribution in [-0.2, 0) is 9.53 Å². The topological polar surface area (TPSA) is 48.9 Å². The summed E-state index contributed by atoms with van der Waals surface area (Å²) in [4.78, 5) is 23.5. The van der Waals surface area contributed by atoms with E-state index in [9.17, 15) is 4.79 Å². The largest absolute Gasteiger partial charge is 0.379 e. The Morgan fingerprint density at radius 3 is 2.36 bits per heavy atom. The third kappa shape index (κ3) is 6.69. The second kappa shape index (κ2) is 12.3. The Morgan fingerprint density at radius 2 is 1.69 bits per heavy atom. The van der Waals surface area contributed by atoms with E-state index >= 15 is 0 Å². The number of halogens is 3. The number of amides is 1. The van der Waals surface area contributed by atoms with Crippen LogP contribution >= 0.6 is 34.8 Å². The van der Waals surface area contributed by atoms with Crippen LogP contribution in [0.15, 0.2) is 60.8 Å². The second-order valence-electron chi connectivity index (χ2n) is 8.88. The van der Waals surface area contributed by atoms with E-state index in [2.05, 4.69) is 34.1 Å². The fourth-order valence-electron chi connectivity index (χ4n) is 4.26. The van der Waals surface area contributed by atoms with Crippen molar-refractivity contribution in [3.8, 4) is 11.1 Å². The highest BCUT2D eigenvalue weighted by Gasteiger charge is 2.26. The summed E-state index contributed by atoms with van der Waals surface area (Å²) in [6.07, 6.45) is 1.70. The van der Waals surface area contributed by atoms with Crippen LogP contribution in [0.2, 0.25) is 15.2 Å². The summed E-state index contributed by atoms with van der Waals surface area (Å²) >= 11 is 18.3. The zero-order valence-electron chi connectivity index (χ0n) is 20.3. The molecule has 0 spiro atoms. The normalized spacial score (nSPS) is 14.9. The Bertz CT molecular complexity index is 1190. The molecule has 190 valence electrons. The first-order chi connectivity index (χ1) is 17.3. The van der Waals surface area contributed by atoms with Gasteiger partial charge in [-0.25, -0.2) is 4.98 Å². The third-order valence-electron chi connectivity index (χ3n) is 6.47. The van der Waals surface area contributed by atoms with Crippen molar-refractivity contribution >= 4 is 46.4 Å². The van der Waals surface area contributed by atoms with E-state index in [1.807, 2.05) is 42.1 Å². The first-order valence-electron chi connectivity index (χ1n) is 11.8. The molecule has 4 rings (SSSR count). The molecule has 9 heteroatoms. The van der Waals surface area contributed by atoms with Crippen molar-refractivity contribution in [3.63, 3.8) is 0 Å². The number of pyridine rings is 1. The molecule has 1 amide bonds. The Morgan fingerprint density at radius 1 is 0.972 bits per heavy atom. The molecule has 0 aliphatic carbocycles. The molecule has 1 unspecified atom stereocenters. The highest BCUT2D eigenvalue weighted by molar-refractivity contribution is 6.42. The molecule has 0 bridgehead atoms. The molecule has 2 aromatic carbocycles. The minimum atomic E-state index is -0.118. The molecule has 0 N–H and O–H groups in total. The molecule has 1 saturated heterocycles. The maximum Gasteiger partial charge on any atom is 0.242 e. The number of morpholine rings is 1. The number of likely N-dealkylation sites (N-methyl/N-ethyl adjacent to an activating group) is 2. The van der Waals surface area contributed by atoms with Crippen LogP contribution in [0, 0.1) is 0 Å². The summed E-state index contributed by atoms with van der Waals surface area (Å²) < 4.78 is 5.52. The number of hydrogen-bond donors (Lipinski definition) is 0. The lowest BCUT2D eigenvalue weighted by molar-refractivity contribution is -0.131. The Balaban J connectivity index is 1.53. The first kappa shape index (κ1) is 26.7. The molecule has 0 saturated carbocycles. The van der Waals surface area contributed by atoms with E-state index in [1.54, 1.807) is 18.3 Å². The van der Waals surface area contributed by atoms with E-state index in [0.29, 0.717) is 28.4 Å². The number of hydrogen-bond acceptors (Lipinski definition) is 5. The molecular formula is C27H29Cl3N4O2. The minimum Gasteiger partial charge on any atom is -0.379 e. The predicted molar refractivity (Wildman–Crippen MR) is 147 cm³/mol. The smallest absolute Gasteiger partial charge is 0.242 e. The van der Waals surface area contributed by atoms with Gasteiger partial charge in [0.1, 0.15) is 5.15 Å². The highest BCUT2D eigenvalue weighted by Crippen LogP contribution is 2.29. The number of rotatable bonds is 8. The summed E-state index contributed by atoms with van der Waals surface area (Å²) in [5.74, 6) is 0.00632. The first-order valence-corrected chi connectivity index (χ1v) is 12.9. The van der Waals surface area contributed by atoms with Crippen LogP contribution in [-0.4, -0.2) is 74.2 Å². The zero-order valence-corrected chi connectivity index (χ0v) is 22.6. The summed E-state index contributed by atoms with van der Waals surface area (Å²) in [6, 6.07) is 17.3. The van der Waals surface area contributed by atoms with Crippen molar-refractivity contribution in [1.29, 1.82) is 0 Å². The van der Waals surface area contributed by atoms with E-state index in [4.69, 9.17) is 39.5 Å². The van der Waals surface area contributed by atoms with Gasteiger partial charge in [-0.05, 0) is 47.0 Å². The molecule has 1 aliphatic rings. The highest BCUT2D eigenvalue weighted by atomic mass is 35.5. The molecular weight excluding hydrogens is 519 g/mol. The standard InChI is InChI=1S/C27H29Cl3N4O2/c1-32(22-7-8-23(28)24(29)16-22)18-27(35)33(2)25(17-34-11-13-36-14-12-34)20-5-3-19(4-6-20)21-9-10-31-26(30)15-21/h3-10,15-16,25H,11-14,17-18H2,1-2H3. The lowest BCUT2D eigenvalue weighted by atomic mass is 10.00. The molecule has 1 aliphatic heterocycles. The number of ether oxygens (including phenoxy) is 1. The van der Waals surface area contributed by atoms with Gasteiger partial charge in [0.05, 0.1) is 35.8 Å². The van der Waals surface area contributed by atoms with Crippen LogP contribution in [0.3, 0.4) is 0 Å². The minimum absolute atomic E-state index is 0.00632. The number of anilines is 1. The van der Waals surface area contributed by atoms with Crippen molar-refractivity contribution in [1.82, 2.24) is 14.8 Å². The van der Waals surface area contributed by atoms with E-state index in [0.717, 1.165) is 42.0 Å². The second-order valence-corrected chi connectivity index (χ2v) is 10.1. The molecule has 1 aromatic heterocycles. The van der Waals surface area contributed by atoms with Gasteiger partial charge in [0.25, 0.3) is 0 Å². The molecule has 0 radical (unpaired) electrons. The van der Waals surface area contributed by atoms with Gasteiger partial charge in [-0.1, -0.05) is 59.1 Å². The molecule has 3 aromatic rings. The van der Waals surface area contributed by atoms with Gasteiger partial charge in [-0.15, -0.1) is 0 Å². The number of benzene rings is 2.